The first-order valence-corrected chi connectivity index (χ1v) is 5.51. The molecule has 1 rings (SSSR count). The molecule has 96 valence electrons. The number of nitrogens with two attached hydrogens (primary N) is 1. The highest BCUT2D eigenvalue weighted by Gasteiger charge is 2.15. The van der Waals surface area contributed by atoms with Crippen LogP contribution in [0.2, 0.25) is 5.02 Å². The average Bonchev–Trinajstić information content (AvgIpc) is 2.30. The normalized spacial score (nSPS) is 9.67. The van der Waals surface area contributed by atoms with Gasteiger partial charge < -0.3 is 16.4 Å². The number of thiocarbonyl (C=S) groups is 1. The Balaban J connectivity index is 2.66. The molecule has 2 amide bonds. The van der Waals surface area contributed by atoms with Gasteiger partial charge in [0.2, 0.25) is 0 Å². The molecule has 8 heteroatoms. The molecule has 1 aromatic carbocycles. The largest absolute Gasteiger partial charge is 0.392 e. The Morgan fingerprint density at radius 3 is 2.67 bits per heavy atom. The van der Waals surface area contributed by atoms with Gasteiger partial charge in [0.1, 0.15) is 5.82 Å². The van der Waals surface area contributed by atoms with Gasteiger partial charge in [0, 0.05) is 5.02 Å². The van der Waals surface area contributed by atoms with Crippen molar-refractivity contribution in [1.29, 1.82) is 0 Å². The van der Waals surface area contributed by atoms with E-state index in [1.807, 2.05) is 0 Å². The van der Waals surface area contributed by atoms with Crippen LogP contribution in [0.4, 0.5) is 10.1 Å². The Morgan fingerprint density at radius 1 is 1.39 bits per heavy atom. The lowest BCUT2D eigenvalue weighted by Crippen LogP contribution is -2.39. The van der Waals surface area contributed by atoms with Gasteiger partial charge in [-0.3, -0.25) is 9.59 Å². The van der Waals surface area contributed by atoms with Crippen molar-refractivity contribution in [1.82, 2.24) is 5.32 Å². The summed E-state index contributed by atoms with van der Waals surface area (Å²) < 4.78 is 13.3. The summed E-state index contributed by atoms with van der Waals surface area (Å²) in [5.41, 5.74) is 4.96. The Bertz CT molecular complexity index is 510. The molecule has 0 spiro atoms. The molecular formula is C10H9ClFN3O2S. The van der Waals surface area contributed by atoms with Crippen molar-refractivity contribution in [2.45, 2.75) is 0 Å². The minimum atomic E-state index is -1.03. The van der Waals surface area contributed by atoms with E-state index < -0.39 is 17.6 Å². The number of halogens is 2. The molecule has 0 bridgehead atoms. The van der Waals surface area contributed by atoms with Crippen LogP contribution in [0.5, 0.6) is 0 Å². The van der Waals surface area contributed by atoms with Crippen molar-refractivity contribution >= 4 is 46.3 Å². The number of hydrogen-bond acceptors (Lipinski definition) is 3. The van der Waals surface area contributed by atoms with Crippen LogP contribution in [-0.2, 0) is 9.59 Å². The van der Waals surface area contributed by atoms with Crippen molar-refractivity contribution in [2.24, 2.45) is 5.73 Å². The van der Waals surface area contributed by atoms with Crippen LogP contribution >= 0.6 is 23.8 Å². The second-order valence-corrected chi connectivity index (χ2v) is 4.19. The van der Waals surface area contributed by atoms with E-state index in [0.717, 1.165) is 6.07 Å². The molecule has 0 saturated carbocycles. The number of benzene rings is 1. The number of nitrogens with one attached hydrogen (secondary N) is 2. The zero-order valence-corrected chi connectivity index (χ0v) is 10.6. The van der Waals surface area contributed by atoms with Gasteiger partial charge in [-0.15, -0.1) is 0 Å². The quantitative estimate of drug-likeness (QED) is 0.568. The van der Waals surface area contributed by atoms with Crippen LogP contribution in [0.15, 0.2) is 18.2 Å². The van der Waals surface area contributed by atoms with Crippen molar-refractivity contribution < 1.29 is 14.0 Å². The SMILES string of the molecule is NC(=S)CNC(=O)C(=O)Nc1cc(Cl)ccc1F. The Labute approximate surface area is 112 Å². The van der Waals surface area contributed by atoms with Crippen LogP contribution in [0, 0.1) is 5.82 Å². The summed E-state index contributed by atoms with van der Waals surface area (Å²) >= 11 is 10.2. The molecule has 18 heavy (non-hydrogen) atoms. The zero-order chi connectivity index (χ0) is 13.7. The maximum Gasteiger partial charge on any atom is 0.313 e. The smallest absolute Gasteiger partial charge is 0.313 e. The lowest BCUT2D eigenvalue weighted by atomic mass is 10.3. The van der Waals surface area contributed by atoms with Gasteiger partial charge in [0.25, 0.3) is 0 Å². The van der Waals surface area contributed by atoms with E-state index in [1.54, 1.807) is 0 Å². The third-order valence-electron chi connectivity index (χ3n) is 1.81. The van der Waals surface area contributed by atoms with Gasteiger partial charge in [-0.25, -0.2) is 4.39 Å². The summed E-state index contributed by atoms with van der Waals surface area (Å²) in [6.07, 6.45) is 0. The average molecular weight is 290 g/mol. The Kier molecular flexibility index (Phi) is 4.99. The van der Waals surface area contributed by atoms with Crippen LogP contribution in [0.3, 0.4) is 0 Å². The molecule has 0 aliphatic rings. The number of amides is 2. The Morgan fingerprint density at radius 2 is 2.06 bits per heavy atom. The fraction of sp³-hybridized carbons (Fsp3) is 0.100. The minimum absolute atomic E-state index is 0.0325. The molecule has 0 radical (unpaired) electrons. The topological polar surface area (TPSA) is 84.2 Å². The van der Waals surface area contributed by atoms with E-state index in [1.165, 1.54) is 12.1 Å². The van der Waals surface area contributed by atoms with Gasteiger partial charge in [0.15, 0.2) is 0 Å². The second-order valence-electron chi connectivity index (χ2n) is 3.23. The fourth-order valence-corrected chi connectivity index (χ4v) is 1.26. The van der Waals surface area contributed by atoms with Gasteiger partial charge >= 0.3 is 11.8 Å². The summed E-state index contributed by atoms with van der Waals surface area (Å²) in [4.78, 5) is 22.7. The highest BCUT2D eigenvalue weighted by molar-refractivity contribution is 7.80. The third-order valence-corrected chi connectivity index (χ3v) is 2.19. The molecule has 0 aromatic heterocycles. The highest BCUT2D eigenvalue weighted by Crippen LogP contribution is 2.19. The van der Waals surface area contributed by atoms with Crippen LogP contribution in [0.25, 0.3) is 0 Å². The summed E-state index contributed by atoms with van der Waals surface area (Å²) in [6, 6.07) is 3.58. The molecule has 1 aromatic rings. The van der Waals surface area contributed by atoms with Gasteiger partial charge in [-0.2, -0.15) is 0 Å². The number of hydrogen-bond donors (Lipinski definition) is 3. The lowest BCUT2D eigenvalue weighted by Gasteiger charge is -2.07. The van der Waals surface area contributed by atoms with Gasteiger partial charge in [-0.1, -0.05) is 23.8 Å². The highest BCUT2D eigenvalue weighted by atomic mass is 35.5. The molecular weight excluding hydrogens is 281 g/mol. The maximum absolute atomic E-state index is 13.3. The number of carbonyl (C=O) groups excluding carboxylic acids is 2. The number of rotatable bonds is 3. The van der Waals surface area contributed by atoms with E-state index in [-0.39, 0.29) is 22.2 Å². The predicted molar refractivity (Wildman–Crippen MR) is 69.8 cm³/mol. The summed E-state index contributed by atoms with van der Waals surface area (Å²) in [7, 11) is 0. The number of carbonyl (C=O) groups is 2. The van der Waals surface area contributed by atoms with Crippen LogP contribution in [0.1, 0.15) is 0 Å². The molecule has 0 aliphatic carbocycles. The van der Waals surface area contributed by atoms with E-state index in [4.69, 9.17) is 17.3 Å². The molecule has 5 nitrogen and oxygen atoms in total. The van der Waals surface area contributed by atoms with Crippen molar-refractivity contribution in [3.8, 4) is 0 Å². The standard InChI is InChI=1S/C10H9ClFN3O2S/c11-5-1-2-6(12)7(3-5)15-10(17)9(16)14-4-8(13)18/h1-3H,4H2,(H2,13,18)(H,14,16)(H,15,17). The zero-order valence-electron chi connectivity index (χ0n) is 9.00. The molecule has 0 fully saturated rings. The molecule has 0 aliphatic heterocycles. The van der Waals surface area contributed by atoms with Crippen molar-refractivity contribution in [2.75, 3.05) is 11.9 Å². The maximum atomic E-state index is 13.3. The molecule has 0 unspecified atom stereocenters. The van der Waals surface area contributed by atoms with Crippen molar-refractivity contribution in [3.63, 3.8) is 0 Å². The van der Waals surface area contributed by atoms with Crippen molar-refractivity contribution in [3.05, 3.63) is 29.0 Å². The second kappa shape index (κ2) is 6.27. The monoisotopic (exact) mass is 289 g/mol. The first kappa shape index (κ1) is 14.3. The van der Waals surface area contributed by atoms with Crippen LogP contribution < -0.4 is 16.4 Å². The molecule has 0 heterocycles. The Hall–Kier alpha value is -1.73. The van der Waals surface area contributed by atoms with E-state index in [0.29, 0.717) is 0 Å². The third kappa shape index (κ3) is 4.27. The minimum Gasteiger partial charge on any atom is -0.392 e. The van der Waals surface area contributed by atoms with Crippen LogP contribution in [-0.4, -0.2) is 23.3 Å². The van der Waals surface area contributed by atoms with E-state index >= 15 is 0 Å². The lowest BCUT2D eigenvalue weighted by molar-refractivity contribution is -0.135. The molecule has 0 atom stereocenters. The first-order valence-electron chi connectivity index (χ1n) is 4.72. The predicted octanol–water partition coefficient (Wildman–Crippen LogP) is 0.820. The van der Waals surface area contributed by atoms with Gasteiger partial charge in [-0.05, 0) is 18.2 Å². The van der Waals surface area contributed by atoms with E-state index in [2.05, 4.69) is 22.9 Å². The first-order chi connectivity index (χ1) is 8.40. The van der Waals surface area contributed by atoms with Gasteiger partial charge in [0.05, 0.1) is 17.2 Å². The fourth-order valence-electron chi connectivity index (χ4n) is 1.02. The summed E-state index contributed by atoms with van der Waals surface area (Å²) in [5, 5.41) is 4.48. The van der Waals surface area contributed by atoms with E-state index in [9.17, 15) is 14.0 Å². The molecule has 4 N–H and O–H groups in total. The number of anilines is 1. The summed E-state index contributed by atoms with van der Waals surface area (Å²) in [5.74, 6) is -2.70. The summed E-state index contributed by atoms with van der Waals surface area (Å²) in [6.45, 7) is -0.111. The molecule has 0 saturated heterocycles.